The Labute approximate surface area is 156 Å². The number of amides is 1. The van der Waals surface area contributed by atoms with Gasteiger partial charge in [-0.15, -0.1) is 10.2 Å². The molecule has 0 aliphatic heterocycles. The van der Waals surface area contributed by atoms with Gasteiger partial charge in [0.2, 0.25) is 11.7 Å². The number of hydrogen-bond donors (Lipinski definition) is 1. The summed E-state index contributed by atoms with van der Waals surface area (Å²) in [6, 6.07) is 19.4. The molecule has 4 aromatic rings. The number of pyridine rings is 1. The van der Waals surface area contributed by atoms with Gasteiger partial charge in [-0.2, -0.15) is 4.80 Å². The van der Waals surface area contributed by atoms with E-state index in [0.29, 0.717) is 30.9 Å². The Morgan fingerprint density at radius 1 is 1.04 bits per heavy atom. The summed E-state index contributed by atoms with van der Waals surface area (Å²) in [6.07, 6.45) is 2.66. The maximum Gasteiger partial charge on any atom is 0.224 e. The van der Waals surface area contributed by atoms with E-state index in [-0.39, 0.29) is 5.91 Å². The lowest BCUT2D eigenvalue weighted by molar-refractivity contribution is -0.116. The van der Waals surface area contributed by atoms with Gasteiger partial charge in [-0.05, 0) is 23.8 Å². The first-order valence-corrected chi connectivity index (χ1v) is 8.76. The number of nitrogens with one attached hydrogen (secondary N) is 1. The fraction of sp³-hybridized carbons (Fsp3) is 0.150. The van der Waals surface area contributed by atoms with Crippen molar-refractivity contribution in [2.24, 2.45) is 0 Å². The lowest BCUT2D eigenvalue weighted by Crippen LogP contribution is -2.13. The molecule has 0 fully saturated rings. The van der Waals surface area contributed by atoms with E-state index in [2.05, 4.69) is 25.7 Å². The lowest BCUT2D eigenvalue weighted by Gasteiger charge is -2.06. The summed E-state index contributed by atoms with van der Waals surface area (Å²) in [7, 11) is 0. The molecule has 2 aromatic carbocycles. The van der Waals surface area contributed by atoms with Crippen LogP contribution in [-0.4, -0.2) is 31.1 Å². The molecule has 0 saturated carbocycles. The molecule has 0 spiro atoms. The van der Waals surface area contributed by atoms with E-state index >= 15 is 0 Å². The minimum absolute atomic E-state index is 0.0597. The van der Waals surface area contributed by atoms with Crippen molar-refractivity contribution in [2.75, 3.05) is 5.32 Å². The molecular formula is C20H18N6O. The van der Waals surface area contributed by atoms with Crippen molar-refractivity contribution in [1.82, 2.24) is 25.2 Å². The fourth-order valence-electron chi connectivity index (χ4n) is 2.78. The molecule has 1 amide bonds. The number of rotatable bonds is 6. The second kappa shape index (κ2) is 7.74. The van der Waals surface area contributed by atoms with Crippen LogP contribution in [-0.2, 0) is 11.3 Å². The molecule has 27 heavy (non-hydrogen) atoms. The largest absolute Gasteiger partial charge is 0.325 e. The molecule has 0 aliphatic carbocycles. The van der Waals surface area contributed by atoms with Crippen LogP contribution < -0.4 is 5.32 Å². The summed E-state index contributed by atoms with van der Waals surface area (Å²) in [5, 5.41) is 16.3. The molecule has 2 heterocycles. The average Bonchev–Trinajstić information content (AvgIpc) is 3.17. The number of carbonyl (C=O) groups excluding carboxylic acids is 1. The molecular weight excluding hydrogens is 340 g/mol. The topological polar surface area (TPSA) is 85.6 Å². The number of aryl methyl sites for hydroxylation is 1. The zero-order valence-corrected chi connectivity index (χ0v) is 14.6. The Morgan fingerprint density at radius 2 is 1.85 bits per heavy atom. The summed E-state index contributed by atoms with van der Waals surface area (Å²) in [5.74, 6) is 0.526. The van der Waals surface area contributed by atoms with E-state index in [1.54, 1.807) is 6.20 Å². The molecule has 0 radical (unpaired) electrons. The molecule has 4 rings (SSSR count). The van der Waals surface area contributed by atoms with Crippen molar-refractivity contribution < 1.29 is 4.79 Å². The summed E-state index contributed by atoms with van der Waals surface area (Å²) < 4.78 is 0. The molecule has 0 saturated heterocycles. The van der Waals surface area contributed by atoms with Gasteiger partial charge in [-0.25, -0.2) is 0 Å². The summed E-state index contributed by atoms with van der Waals surface area (Å²) >= 11 is 0. The number of tetrazole rings is 1. The molecule has 1 N–H and O–H groups in total. The Balaban J connectivity index is 1.30. The number of carbonyl (C=O) groups is 1. The Hall–Kier alpha value is -3.61. The zero-order chi connectivity index (χ0) is 18.5. The highest BCUT2D eigenvalue weighted by molar-refractivity contribution is 5.93. The number of para-hydroxylation sites is 1. The van der Waals surface area contributed by atoms with Gasteiger partial charge in [0.05, 0.1) is 23.9 Å². The third-order valence-corrected chi connectivity index (χ3v) is 4.12. The van der Waals surface area contributed by atoms with Crippen LogP contribution in [0.4, 0.5) is 5.69 Å². The maximum absolute atomic E-state index is 12.2. The summed E-state index contributed by atoms with van der Waals surface area (Å²) in [6.45, 7) is 0.531. The Bertz CT molecular complexity index is 1060. The highest BCUT2D eigenvalue weighted by Crippen LogP contribution is 2.16. The number of fused-ring (bicyclic) bond motifs is 1. The third kappa shape index (κ3) is 4.14. The van der Waals surface area contributed by atoms with E-state index in [4.69, 9.17) is 0 Å². The van der Waals surface area contributed by atoms with Crippen LogP contribution in [0.2, 0.25) is 0 Å². The number of nitrogens with zero attached hydrogens (tertiary/aromatic N) is 5. The molecule has 0 bridgehead atoms. The number of anilines is 1. The van der Waals surface area contributed by atoms with Gasteiger partial charge in [0, 0.05) is 17.4 Å². The number of hydrogen-bond acceptors (Lipinski definition) is 5. The fourth-order valence-corrected chi connectivity index (χ4v) is 2.78. The summed E-state index contributed by atoms with van der Waals surface area (Å²) in [5.41, 5.74) is 2.52. The van der Waals surface area contributed by atoms with Gasteiger partial charge in [-0.3, -0.25) is 9.78 Å². The van der Waals surface area contributed by atoms with Crippen molar-refractivity contribution in [3.63, 3.8) is 0 Å². The van der Waals surface area contributed by atoms with Crippen LogP contribution in [0.5, 0.6) is 0 Å². The second-order valence-corrected chi connectivity index (χ2v) is 6.14. The normalized spacial score (nSPS) is 10.8. The second-order valence-electron chi connectivity index (χ2n) is 6.14. The third-order valence-electron chi connectivity index (χ3n) is 4.12. The zero-order valence-electron chi connectivity index (χ0n) is 14.6. The van der Waals surface area contributed by atoms with Gasteiger partial charge in [0.25, 0.3) is 0 Å². The smallest absolute Gasteiger partial charge is 0.224 e. The van der Waals surface area contributed by atoms with Crippen molar-refractivity contribution in [3.8, 4) is 11.4 Å². The van der Waals surface area contributed by atoms with Gasteiger partial charge in [0.15, 0.2) is 0 Å². The minimum atomic E-state index is -0.0597. The first kappa shape index (κ1) is 16.8. The minimum Gasteiger partial charge on any atom is -0.325 e. The standard InChI is InChI=1S/C20H18N6O/c27-19(22-17-13-16-9-4-5-10-18(16)21-14-17)11-6-12-26-24-20(23-25-26)15-7-2-1-3-8-15/h1-5,7-10,13-14H,6,11-12H2,(H,22,27). The van der Waals surface area contributed by atoms with E-state index in [1.165, 1.54) is 4.80 Å². The van der Waals surface area contributed by atoms with Crippen LogP contribution in [0.3, 0.4) is 0 Å². The van der Waals surface area contributed by atoms with Crippen LogP contribution in [0.15, 0.2) is 66.9 Å². The van der Waals surface area contributed by atoms with Crippen molar-refractivity contribution in [3.05, 3.63) is 66.9 Å². The van der Waals surface area contributed by atoms with Crippen LogP contribution in [0.1, 0.15) is 12.8 Å². The van der Waals surface area contributed by atoms with Crippen LogP contribution in [0.25, 0.3) is 22.3 Å². The molecule has 2 aromatic heterocycles. The maximum atomic E-state index is 12.2. The van der Waals surface area contributed by atoms with E-state index in [1.807, 2.05) is 60.7 Å². The molecule has 134 valence electrons. The SMILES string of the molecule is O=C(CCCn1nnc(-c2ccccc2)n1)Nc1cnc2ccccc2c1. The molecule has 7 heteroatoms. The monoisotopic (exact) mass is 358 g/mol. The number of benzene rings is 2. The van der Waals surface area contributed by atoms with Gasteiger partial charge < -0.3 is 5.32 Å². The lowest BCUT2D eigenvalue weighted by atomic mass is 10.2. The highest BCUT2D eigenvalue weighted by Gasteiger charge is 2.07. The van der Waals surface area contributed by atoms with Crippen molar-refractivity contribution in [1.29, 1.82) is 0 Å². The first-order chi connectivity index (χ1) is 13.3. The molecule has 0 aliphatic rings. The Morgan fingerprint density at radius 3 is 2.74 bits per heavy atom. The molecule has 0 unspecified atom stereocenters. The van der Waals surface area contributed by atoms with E-state index < -0.39 is 0 Å². The number of aromatic nitrogens is 5. The predicted octanol–water partition coefficient (Wildman–Crippen LogP) is 3.31. The highest BCUT2D eigenvalue weighted by atomic mass is 16.1. The molecule has 0 atom stereocenters. The first-order valence-electron chi connectivity index (χ1n) is 8.76. The average molecular weight is 358 g/mol. The predicted molar refractivity (Wildman–Crippen MR) is 103 cm³/mol. The van der Waals surface area contributed by atoms with Crippen molar-refractivity contribution >= 4 is 22.5 Å². The van der Waals surface area contributed by atoms with Crippen molar-refractivity contribution in [2.45, 2.75) is 19.4 Å². The van der Waals surface area contributed by atoms with Gasteiger partial charge in [-0.1, -0.05) is 48.5 Å². The van der Waals surface area contributed by atoms with E-state index in [0.717, 1.165) is 16.5 Å². The summed E-state index contributed by atoms with van der Waals surface area (Å²) in [4.78, 5) is 18.0. The van der Waals surface area contributed by atoms with Crippen LogP contribution in [0, 0.1) is 0 Å². The quantitative estimate of drug-likeness (QED) is 0.571. The van der Waals surface area contributed by atoms with Gasteiger partial charge in [0.1, 0.15) is 0 Å². The van der Waals surface area contributed by atoms with Crippen LogP contribution >= 0.6 is 0 Å². The van der Waals surface area contributed by atoms with E-state index in [9.17, 15) is 4.79 Å². The van der Waals surface area contributed by atoms with Gasteiger partial charge >= 0.3 is 0 Å². The molecule has 7 nitrogen and oxygen atoms in total. The Kier molecular flexibility index (Phi) is 4.82.